The Kier molecular flexibility index (Phi) is 5.23. The largest absolute Gasteiger partial charge is 0.369 e. The fourth-order valence-corrected chi connectivity index (χ4v) is 2.40. The van der Waals surface area contributed by atoms with Crippen LogP contribution in [0.25, 0.3) is 0 Å². The Morgan fingerprint density at radius 2 is 1.76 bits per heavy atom. The van der Waals surface area contributed by atoms with E-state index in [-0.39, 0.29) is 11.5 Å². The van der Waals surface area contributed by atoms with Gasteiger partial charge in [-0.1, -0.05) is 11.6 Å². The van der Waals surface area contributed by atoms with Crippen molar-refractivity contribution >= 4 is 29.3 Å². The van der Waals surface area contributed by atoms with Gasteiger partial charge in [0, 0.05) is 23.3 Å². The summed E-state index contributed by atoms with van der Waals surface area (Å²) >= 11 is 6.02. The highest BCUT2D eigenvalue weighted by Crippen LogP contribution is 2.27. The molecule has 3 N–H and O–H groups in total. The predicted octanol–water partition coefficient (Wildman–Crippen LogP) is 3.22. The van der Waals surface area contributed by atoms with E-state index in [2.05, 4.69) is 10.3 Å². The molecule has 1 aromatic rings. The first-order valence-electron chi connectivity index (χ1n) is 6.68. The van der Waals surface area contributed by atoms with Gasteiger partial charge in [-0.2, -0.15) is 4.99 Å². The maximum absolute atomic E-state index is 11.8. The number of rotatable bonds is 1. The highest BCUT2D eigenvalue weighted by atomic mass is 35.5. The summed E-state index contributed by atoms with van der Waals surface area (Å²) in [7, 11) is 1.77. The van der Waals surface area contributed by atoms with E-state index in [1.165, 1.54) is 0 Å². The Balaban J connectivity index is 3.03. The van der Waals surface area contributed by atoms with Gasteiger partial charge in [0.25, 0.3) is 0 Å². The number of aryl methyl sites for hydroxylation is 2. The molecule has 0 fully saturated rings. The van der Waals surface area contributed by atoms with Crippen molar-refractivity contribution in [3.8, 4) is 0 Å². The zero-order valence-corrected chi connectivity index (χ0v) is 14.2. The minimum Gasteiger partial charge on any atom is -0.369 e. The molecule has 0 spiro atoms. The number of nitrogens with two attached hydrogens (primary N) is 1. The number of urea groups is 1. The third-order valence-corrected chi connectivity index (χ3v) is 3.05. The van der Waals surface area contributed by atoms with Crippen molar-refractivity contribution in [1.29, 1.82) is 0 Å². The van der Waals surface area contributed by atoms with E-state index in [0.29, 0.717) is 5.02 Å². The van der Waals surface area contributed by atoms with Crippen molar-refractivity contribution in [3.63, 3.8) is 0 Å². The van der Waals surface area contributed by atoms with E-state index in [4.69, 9.17) is 17.3 Å². The summed E-state index contributed by atoms with van der Waals surface area (Å²) in [4.78, 5) is 17.4. The molecule has 0 saturated carbocycles. The molecule has 1 aromatic carbocycles. The van der Waals surface area contributed by atoms with Crippen molar-refractivity contribution in [1.82, 2.24) is 5.32 Å². The minimum absolute atomic E-state index is 0.130. The van der Waals surface area contributed by atoms with E-state index in [1.54, 1.807) is 11.9 Å². The van der Waals surface area contributed by atoms with Crippen LogP contribution in [-0.2, 0) is 0 Å². The van der Waals surface area contributed by atoms with Crippen molar-refractivity contribution in [3.05, 3.63) is 28.3 Å². The van der Waals surface area contributed by atoms with E-state index in [1.807, 2.05) is 46.8 Å². The van der Waals surface area contributed by atoms with Crippen molar-refractivity contribution in [2.45, 2.75) is 40.2 Å². The van der Waals surface area contributed by atoms with Gasteiger partial charge in [-0.05, 0) is 57.9 Å². The Morgan fingerprint density at radius 1 is 1.29 bits per heavy atom. The van der Waals surface area contributed by atoms with Crippen LogP contribution in [0.1, 0.15) is 31.9 Å². The van der Waals surface area contributed by atoms with Crippen LogP contribution in [0.3, 0.4) is 0 Å². The van der Waals surface area contributed by atoms with Crippen LogP contribution in [0.4, 0.5) is 10.5 Å². The van der Waals surface area contributed by atoms with Gasteiger partial charge >= 0.3 is 6.03 Å². The standard InChI is InChI=1S/C15H23ClN4O/c1-9-7-11(16)8-10(2)12(9)20(6)13(17)18-14(21)19-15(3,4)5/h7-8H,1-6H3,(H3,17,18,19,21). The molecule has 0 bridgehead atoms. The number of halogens is 1. The van der Waals surface area contributed by atoms with Crippen molar-refractivity contribution < 1.29 is 4.79 Å². The van der Waals surface area contributed by atoms with Crippen LogP contribution >= 0.6 is 11.6 Å². The number of hydrogen-bond donors (Lipinski definition) is 2. The maximum Gasteiger partial charge on any atom is 0.344 e. The lowest BCUT2D eigenvalue weighted by Crippen LogP contribution is -2.42. The lowest BCUT2D eigenvalue weighted by atomic mass is 10.1. The summed E-state index contributed by atoms with van der Waals surface area (Å²) in [6.45, 7) is 9.52. The molecule has 116 valence electrons. The van der Waals surface area contributed by atoms with E-state index in [9.17, 15) is 4.79 Å². The highest BCUT2D eigenvalue weighted by Gasteiger charge is 2.16. The quantitative estimate of drug-likeness (QED) is 0.618. The average molecular weight is 311 g/mol. The zero-order chi connectivity index (χ0) is 16.4. The second-order valence-electron chi connectivity index (χ2n) is 6.10. The topological polar surface area (TPSA) is 70.7 Å². The molecule has 5 nitrogen and oxygen atoms in total. The summed E-state index contributed by atoms with van der Waals surface area (Å²) in [5.74, 6) is 0.130. The molecule has 0 aliphatic carbocycles. The number of hydrogen-bond acceptors (Lipinski definition) is 1. The average Bonchev–Trinajstić information content (AvgIpc) is 2.24. The molecule has 0 unspecified atom stereocenters. The monoisotopic (exact) mass is 310 g/mol. The Hall–Kier alpha value is -1.75. The molecular weight excluding hydrogens is 288 g/mol. The van der Waals surface area contributed by atoms with Crippen molar-refractivity contribution in [2.75, 3.05) is 11.9 Å². The zero-order valence-electron chi connectivity index (χ0n) is 13.4. The molecule has 0 atom stereocenters. The van der Waals surface area contributed by atoms with Crippen LogP contribution in [-0.4, -0.2) is 24.6 Å². The number of carbonyl (C=O) groups excluding carboxylic acids is 1. The number of nitrogens with one attached hydrogen (secondary N) is 1. The van der Waals surface area contributed by atoms with Gasteiger partial charge < -0.3 is 16.0 Å². The first kappa shape index (κ1) is 17.3. The first-order valence-corrected chi connectivity index (χ1v) is 7.06. The lowest BCUT2D eigenvalue weighted by molar-refractivity contribution is 0.241. The second kappa shape index (κ2) is 6.35. The van der Waals surface area contributed by atoms with Crippen molar-refractivity contribution in [2.24, 2.45) is 10.7 Å². The minimum atomic E-state index is -0.462. The van der Waals surface area contributed by atoms with Crippen LogP contribution in [0, 0.1) is 13.8 Å². The number of nitrogens with zero attached hydrogens (tertiary/aromatic N) is 2. The fourth-order valence-electron chi connectivity index (χ4n) is 2.07. The van der Waals surface area contributed by atoms with E-state index >= 15 is 0 Å². The fraction of sp³-hybridized carbons (Fsp3) is 0.467. The Morgan fingerprint density at radius 3 is 2.19 bits per heavy atom. The summed E-state index contributed by atoms with van der Waals surface area (Å²) < 4.78 is 0. The summed E-state index contributed by atoms with van der Waals surface area (Å²) in [6, 6.07) is 3.24. The first-order chi connectivity index (χ1) is 9.51. The molecule has 0 aliphatic heterocycles. The molecule has 0 heterocycles. The maximum atomic E-state index is 11.8. The third kappa shape index (κ3) is 4.93. The second-order valence-corrected chi connectivity index (χ2v) is 6.53. The molecule has 2 amide bonds. The van der Waals surface area contributed by atoms with Gasteiger partial charge in [-0.15, -0.1) is 0 Å². The predicted molar refractivity (Wildman–Crippen MR) is 89.2 cm³/mol. The van der Waals surface area contributed by atoms with Gasteiger partial charge in [0.15, 0.2) is 0 Å². The van der Waals surface area contributed by atoms with E-state index < -0.39 is 6.03 Å². The summed E-state index contributed by atoms with van der Waals surface area (Å²) in [5.41, 5.74) is 8.40. The number of benzene rings is 1. The lowest BCUT2D eigenvalue weighted by Gasteiger charge is -2.23. The Labute approximate surface area is 131 Å². The smallest absolute Gasteiger partial charge is 0.344 e. The molecule has 0 saturated heterocycles. The summed E-state index contributed by atoms with van der Waals surface area (Å²) in [6.07, 6.45) is 0. The Bertz CT molecular complexity index is 553. The van der Waals surface area contributed by atoms with Gasteiger partial charge in [0.2, 0.25) is 5.96 Å². The normalized spacial score (nSPS) is 12.2. The molecule has 0 radical (unpaired) electrons. The molecular formula is C15H23ClN4O. The number of carbonyl (C=O) groups is 1. The van der Waals surface area contributed by atoms with Gasteiger partial charge in [-0.3, -0.25) is 0 Å². The molecule has 21 heavy (non-hydrogen) atoms. The molecule has 0 aliphatic rings. The van der Waals surface area contributed by atoms with Gasteiger partial charge in [0.05, 0.1) is 0 Å². The van der Waals surface area contributed by atoms with Crippen LogP contribution in [0.2, 0.25) is 5.02 Å². The third-order valence-electron chi connectivity index (χ3n) is 2.83. The number of guanidine groups is 1. The number of amides is 2. The van der Waals surface area contributed by atoms with Crippen LogP contribution < -0.4 is 16.0 Å². The number of aliphatic imine (C=N–C) groups is 1. The number of anilines is 1. The van der Waals surface area contributed by atoms with Gasteiger partial charge in [0.1, 0.15) is 0 Å². The van der Waals surface area contributed by atoms with E-state index in [0.717, 1.165) is 16.8 Å². The van der Waals surface area contributed by atoms with Crippen LogP contribution in [0.15, 0.2) is 17.1 Å². The molecule has 0 aromatic heterocycles. The molecule has 6 heteroatoms. The molecule has 1 rings (SSSR count). The van der Waals surface area contributed by atoms with Gasteiger partial charge in [-0.25, -0.2) is 4.79 Å². The summed E-state index contributed by atoms with van der Waals surface area (Å²) in [5, 5.41) is 3.41. The highest BCUT2D eigenvalue weighted by molar-refractivity contribution is 6.30. The SMILES string of the molecule is Cc1cc(Cl)cc(C)c1N(C)/C(N)=N\C(=O)NC(C)(C)C. The van der Waals surface area contributed by atoms with Crippen LogP contribution in [0.5, 0.6) is 0 Å².